The minimum Gasteiger partial charge on any atom is -0.300 e. The number of carbonyl (C=O) groups excluding carboxylic acids is 1. The molecule has 2 nitrogen and oxygen atoms in total. The van der Waals surface area contributed by atoms with E-state index in [1.165, 1.54) is 0 Å². The number of rotatable bonds is 0. The van der Waals surface area contributed by atoms with Crippen LogP contribution in [0.25, 0.3) is 0 Å². The molecule has 0 spiro atoms. The topological polar surface area (TPSA) is 40.9 Å². The largest absolute Gasteiger partial charge is 0.300 e. The maximum absolute atomic E-state index is 12.6. The van der Waals surface area contributed by atoms with Crippen LogP contribution in [0.1, 0.15) is 58.3 Å². The number of carbonyl (C=O) groups is 1. The van der Waals surface area contributed by atoms with Gasteiger partial charge in [-0.05, 0) is 45.4 Å². The quantitative estimate of drug-likeness (QED) is 0.660. The average Bonchev–Trinajstić information content (AvgIpc) is 2.38. The van der Waals surface area contributed by atoms with Crippen LogP contribution in [-0.2, 0) is 4.79 Å². The summed E-state index contributed by atoms with van der Waals surface area (Å²) in [7, 11) is 0. The Morgan fingerprint density at radius 3 is 1.94 bits per heavy atom. The van der Waals surface area contributed by atoms with Crippen LogP contribution in [0.4, 0.5) is 8.78 Å². The fourth-order valence-electron chi connectivity index (χ4n) is 2.24. The van der Waals surface area contributed by atoms with E-state index in [1.807, 2.05) is 6.92 Å². The van der Waals surface area contributed by atoms with Crippen LogP contribution in [0.2, 0.25) is 0 Å². The van der Waals surface area contributed by atoms with Crippen molar-refractivity contribution in [2.75, 3.05) is 0 Å². The standard InChI is InChI=1S/C8H12FN.C6H9FO/c1-8(6-10)4-2-7(9)3-5-8;7-5-1-3-6(8)4-2-5/h7H,2-5H2,1H3;5H,1-4H2. The Labute approximate surface area is 107 Å². The number of nitrogens with zero attached hydrogens (tertiary/aromatic N) is 1. The third-order valence-electron chi connectivity index (χ3n) is 3.76. The number of halogens is 2. The van der Waals surface area contributed by atoms with Crippen LogP contribution in [0.15, 0.2) is 0 Å². The molecule has 0 heterocycles. The van der Waals surface area contributed by atoms with Gasteiger partial charge in [0.1, 0.15) is 18.1 Å². The normalized spacial score (nSPS) is 33.2. The van der Waals surface area contributed by atoms with Crippen LogP contribution in [-0.4, -0.2) is 18.1 Å². The summed E-state index contributed by atoms with van der Waals surface area (Å²) < 4.78 is 24.8. The van der Waals surface area contributed by atoms with E-state index < -0.39 is 12.3 Å². The van der Waals surface area contributed by atoms with Gasteiger partial charge in [-0.25, -0.2) is 8.78 Å². The molecule has 0 aromatic carbocycles. The molecule has 0 aromatic rings. The number of nitriles is 1. The van der Waals surface area contributed by atoms with Gasteiger partial charge in [0, 0.05) is 12.8 Å². The highest BCUT2D eigenvalue weighted by Crippen LogP contribution is 2.35. The van der Waals surface area contributed by atoms with E-state index in [2.05, 4.69) is 6.07 Å². The molecule has 0 saturated heterocycles. The van der Waals surface area contributed by atoms with Crippen LogP contribution in [0, 0.1) is 16.7 Å². The second-order valence-corrected chi connectivity index (χ2v) is 5.56. The molecule has 0 unspecified atom stereocenters. The average molecular weight is 257 g/mol. The van der Waals surface area contributed by atoms with Gasteiger partial charge in [0.25, 0.3) is 0 Å². The Morgan fingerprint density at radius 2 is 1.56 bits per heavy atom. The molecule has 0 radical (unpaired) electrons. The Hall–Kier alpha value is -0.980. The predicted octanol–water partition coefficient (Wildman–Crippen LogP) is 3.90. The maximum Gasteiger partial charge on any atom is 0.133 e. The molecule has 0 aliphatic heterocycles. The minimum atomic E-state index is -0.701. The Kier molecular flexibility index (Phi) is 5.71. The lowest BCUT2D eigenvalue weighted by molar-refractivity contribution is -0.121. The molecule has 2 saturated carbocycles. The van der Waals surface area contributed by atoms with Crippen LogP contribution >= 0.6 is 0 Å². The molecule has 0 aromatic heterocycles. The molecule has 102 valence electrons. The lowest BCUT2D eigenvalue weighted by Gasteiger charge is -2.27. The lowest BCUT2D eigenvalue weighted by atomic mass is 9.76. The van der Waals surface area contributed by atoms with Crippen LogP contribution in [0.5, 0.6) is 0 Å². The van der Waals surface area contributed by atoms with E-state index in [-0.39, 0.29) is 11.2 Å². The highest BCUT2D eigenvalue weighted by molar-refractivity contribution is 5.79. The number of alkyl halides is 2. The van der Waals surface area contributed by atoms with E-state index in [0.29, 0.717) is 38.5 Å². The third-order valence-corrected chi connectivity index (χ3v) is 3.76. The number of hydrogen-bond donors (Lipinski definition) is 0. The summed E-state index contributed by atoms with van der Waals surface area (Å²) >= 11 is 0. The van der Waals surface area contributed by atoms with Crippen molar-refractivity contribution in [1.82, 2.24) is 0 Å². The van der Waals surface area contributed by atoms with E-state index in [9.17, 15) is 13.6 Å². The summed E-state index contributed by atoms with van der Waals surface area (Å²) in [5, 5.41) is 8.66. The van der Waals surface area contributed by atoms with Crippen molar-refractivity contribution in [1.29, 1.82) is 5.26 Å². The van der Waals surface area contributed by atoms with E-state index in [0.717, 1.165) is 12.8 Å². The van der Waals surface area contributed by atoms with Crippen molar-refractivity contribution in [3.63, 3.8) is 0 Å². The van der Waals surface area contributed by atoms with Gasteiger partial charge in [-0.1, -0.05) is 0 Å². The van der Waals surface area contributed by atoms with E-state index >= 15 is 0 Å². The SMILES string of the molecule is CC1(C#N)CCC(F)CC1.O=C1CCC(F)CC1. The first kappa shape index (κ1) is 15.1. The smallest absolute Gasteiger partial charge is 0.133 e. The molecule has 0 bridgehead atoms. The first-order chi connectivity index (χ1) is 8.45. The zero-order chi connectivity index (χ0) is 13.6. The molecule has 2 aliphatic rings. The fraction of sp³-hybridized carbons (Fsp3) is 0.857. The molecule has 0 amide bonds. The molecule has 2 rings (SSSR count). The summed E-state index contributed by atoms with van der Waals surface area (Å²) in [5.74, 6) is 0.221. The lowest BCUT2D eigenvalue weighted by Crippen LogP contribution is -2.23. The van der Waals surface area contributed by atoms with Gasteiger partial charge >= 0.3 is 0 Å². The zero-order valence-electron chi connectivity index (χ0n) is 10.9. The second-order valence-electron chi connectivity index (χ2n) is 5.56. The number of ketones is 1. The predicted molar refractivity (Wildman–Crippen MR) is 65.5 cm³/mol. The van der Waals surface area contributed by atoms with Crippen molar-refractivity contribution in [3.05, 3.63) is 0 Å². The fourth-order valence-corrected chi connectivity index (χ4v) is 2.24. The molecule has 2 aliphatic carbocycles. The van der Waals surface area contributed by atoms with Crippen molar-refractivity contribution >= 4 is 5.78 Å². The molecular formula is C14H21F2NO. The van der Waals surface area contributed by atoms with Crippen LogP contribution in [0.3, 0.4) is 0 Å². The zero-order valence-corrected chi connectivity index (χ0v) is 10.9. The first-order valence-electron chi connectivity index (χ1n) is 6.66. The van der Waals surface area contributed by atoms with Crippen molar-refractivity contribution in [3.8, 4) is 6.07 Å². The Bertz CT molecular complexity index is 306. The Morgan fingerprint density at radius 1 is 1.11 bits per heavy atom. The monoisotopic (exact) mass is 257 g/mol. The first-order valence-corrected chi connectivity index (χ1v) is 6.66. The van der Waals surface area contributed by atoms with E-state index in [4.69, 9.17) is 5.26 Å². The van der Waals surface area contributed by atoms with Gasteiger partial charge in [-0.3, -0.25) is 4.79 Å². The summed E-state index contributed by atoms with van der Waals surface area (Å²) in [6, 6.07) is 2.23. The van der Waals surface area contributed by atoms with Gasteiger partial charge in [-0.15, -0.1) is 0 Å². The molecule has 2 fully saturated rings. The summed E-state index contributed by atoms with van der Waals surface area (Å²) in [6.07, 6.45) is 3.08. The number of hydrogen-bond acceptors (Lipinski definition) is 2. The van der Waals surface area contributed by atoms with Gasteiger partial charge in [0.05, 0.1) is 11.5 Å². The summed E-state index contributed by atoms with van der Waals surface area (Å²) in [4.78, 5) is 10.4. The van der Waals surface area contributed by atoms with Crippen LogP contribution < -0.4 is 0 Å². The van der Waals surface area contributed by atoms with Crippen molar-refractivity contribution in [2.24, 2.45) is 5.41 Å². The molecule has 0 N–H and O–H groups in total. The summed E-state index contributed by atoms with van der Waals surface area (Å²) in [6.45, 7) is 1.92. The molecule has 18 heavy (non-hydrogen) atoms. The van der Waals surface area contributed by atoms with Crippen molar-refractivity contribution in [2.45, 2.75) is 70.6 Å². The molecular weight excluding hydrogens is 236 g/mol. The highest BCUT2D eigenvalue weighted by atomic mass is 19.1. The van der Waals surface area contributed by atoms with Gasteiger partial charge < -0.3 is 0 Å². The van der Waals surface area contributed by atoms with Crippen molar-refractivity contribution < 1.29 is 13.6 Å². The third kappa shape index (κ3) is 5.12. The van der Waals surface area contributed by atoms with E-state index in [1.54, 1.807) is 0 Å². The maximum atomic E-state index is 12.6. The minimum absolute atomic E-state index is 0.221. The van der Waals surface area contributed by atoms with Gasteiger partial charge in [0.2, 0.25) is 0 Å². The van der Waals surface area contributed by atoms with Gasteiger partial charge in [-0.2, -0.15) is 5.26 Å². The highest BCUT2D eigenvalue weighted by Gasteiger charge is 2.30. The molecule has 4 heteroatoms. The second kappa shape index (κ2) is 6.82. The van der Waals surface area contributed by atoms with Gasteiger partial charge in [0.15, 0.2) is 0 Å². The number of Topliss-reactive ketones (excluding diaryl/α,β-unsaturated/α-hetero) is 1. The summed E-state index contributed by atoms with van der Waals surface area (Å²) in [5.41, 5.74) is -0.234. The molecule has 0 atom stereocenters. The Balaban J connectivity index is 0.000000184.